The molecule has 1 aliphatic heterocycles. The number of guanidine groups is 1. The fourth-order valence-electron chi connectivity index (χ4n) is 3.97. The van der Waals surface area contributed by atoms with Crippen LogP contribution in [0.15, 0.2) is 33.8 Å². The first-order valence-electron chi connectivity index (χ1n) is 11.2. The molecule has 170 valence electrons. The molecule has 1 aromatic heterocycles. The van der Waals surface area contributed by atoms with Gasteiger partial charge in [0, 0.05) is 43.3 Å². The van der Waals surface area contributed by atoms with E-state index in [0.717, 1.165) is 62.3 Å². The molecule has 7 nitrogen and oxygen atoms in total. The van der Waals surface area contributed by atoms with Crippen molar-refractivity contribution in [2.45, 2.75) is 58.4 Å². The second kappa shape index (κ2) is 10.7. The van der Waals surface area contributed by atoms with Gasteiger partial charge in [0.25, 0.3) is 0 Å². The summed E-state index contributed by atoms with van der Waals surface area (Å²) in [4.78, 5) is 4.72. The van der Waals surface area contributed by atoms with Gasteiger partial charge in [0.15, 0.2) is 11.7 Å². The summed E-state index contributed by atoms with van der Waals surface area (Å²) < 4.78 is 16.9. The van der Waals surface area contributed by atoms with E-state index in [-0.39, 0.29) is 5.41 Å². The van der Waals surface area contributed by atoms with E-state index in [1.54, 1.807) is 7.11 Å². The maximum absolute atomic E-state index is 5.73. The lowest BCUT2D eigenvalue weighted by Gasteiger charge is -2.39. The van der Waals surface area contributed by atoms with Crippen molar-refractivity contribution >= 4 is 5.96 Å². The van der Waals surface area contributed by atoms with Gasteiger partial charge in [-0.15, -0.1) is 0 Å². The predicted molar refractivity (Wildman–Crippen MR) is 123 cm³/mol. The Morgan fingerprint density at radius 3 is 2.65 bits per heavy atom. The van der Waals surface area contributed by atoms with Crippen LogP contribution in [0.1, 0.15) is 62.1 Å². The Labute approximate surface area is 185 Å². The second-order valence-electron chi connectivity index (χ2n) is 8.52. The summed E-state index contributed by atoms with van der Waals surface area (Å²) in [5.74, 6) is 2.80. The van der Waals surface area contributed by atoms with Crippen LogP contribution in [0.3, 0.4) is 0 Å². The van der Waals surface area contributed by atoms with Crippen molar-refractivity contribution in [3.05, 3.63) is 46.8 Å². The van der Waals surface area contributed by atoms with Crippen LogP contribution in [-0.4, -0.2) is 44.5 Å². The normalized spacial score (nSPS) is 16.4. The fraction of sp³-hybridized carbons (Fsp3) is 0.583. The Hall–Kier alpha value is -2.54. The molecule has 1 fully saturated rings. The van der Waals surface area contributed by atoms with Gasteiger partial charge in [-0.1, -0.05) is 36.7 Å². The highest BCUT2D eigenvalue weighted by molar-refractivity contribution is 5.79. The standard InChI is InChI=1S/C24H36N4O3/c1-6-25-23(26-15-19-14-21(17(2)3)28-31-19)27-16-24(9-11-30-12-10-24)20-13-18(4)7-8-22(20)29-5/h7-8,13-14,17H,6,9-12,15-16H2,1-5H3,(H2,25,26,27). The summed E-state index contributed by atoms with van der Waals surface area (Å²) in [6, 6.07) is 8.39. The van der Waals surface area contributed by atoms with E-state index in [1.807, 2.05) is 6.07 Å². The van der Waals surface area contributed by atoms with Crippen molar-refractivity contribution in [2.75, 3.05) is 33.4 Å². The van der Waals surface area contributed by atoms with E-state index in [0.29, 0.717) is 12.5 Å². The van der Waals surface area contributed by atoms with Crippen molar-refractivity contribution < 1.29 is 14.0 Å². The smallest absolute Gasteiger partial charge is 0.191 e. The Kier molecular flexibility index (Phi) is 7.96. The number of hydrogen-bond donors (Lipinski definition) is 2. The third kappa shape index (κ3) is 5.79. The molecule has 0 radical (unpaired) electrons. The number of aliphatic imine (C=N–C) groups is 1. The largest absolute Gasteiger partial charge is 0.496 e. The quantitative estimate of drug-likeness (QED) is 0.490. The molecule has 1 aromatic carbocycles. The molecule has 0 spiro atoms. The first kappa shape index (κ1) is 23.1. The summed E-state index contributed by atoms with van der Waals surface area (Å²) in [5.41, 5.74) is 3.34. The van der Waals surface area contributed by atoms with E-state index < -0.39 is 0 Å². The van der Waals surface area contributed by atoms with Gasteiger partial charge in [-0.3, -0.25) is 0 Å². The average molecular weight is 429 g/mol. The summed E-state index contributed by atoms with van der Waals surface area (Å²) >= 11 is 0. The number of aryl methyl sites for hydroxylation is 1. The number of aromatic nitrogens is 1. The van der Waals surface area contributed by atoms with Crippen molar-refractivity contribution in [2.24, 2.45) is 4.99 Å². The minimum absolute atomic E-state index is 0.0805. The molecular weight excluding hydrogens is 392 g/mol. The van der Waals surface area contributed by atoms with Gasteiger partial charge in [-0.25, -0.2) is 4.99 Å². The Morgan fingerprint density at radius 1 is 1.23 bits per heavy atom. The van der Waals surface area contributed by atoms with Gasteiger partial charge in [0.05, 0.1) is 12.8 Å². The highest BCUT2D eigenvalue weighted by Crippen LogP contribution is 2.40. The van der Waals surface area contributed by atoms with Crippen LogP contribution in [0.5, 0.6) is 5.75 Å². The van der Waals surface area contributed by atoms with Crippen LogP contribution in [0.4, 0.5) is 0 Å². The minimum Gasteiger partial charge on any atom is -0.496 e. The van der Waals surface area contributed by atoms with Gasteiger partial charge >= 0.3 is 0 Å². The van der Waals surface area contributed by atoms with Crippen LogP contribution in [0, 0.1) is 6.92 Å². The Morgan fingerprint density at radius 2 is 2.00 bits per heavy atom. The molecule has 2 heterocycles. The number of nitrogens with zero attached hydrogens (tertiary/aromatic N) is 2. The Bertz CT molecular complexity index is 869. The van der Waals surface area contributed by atoms with Gasteiger partial charge in [-0.2, -0.15) is 0 Å². The fourth-order valence-corrected chi connectivity index (χ4v) is 3.97. The molecule has 0 saturated carbocycles. The van der Waals surface area contributed by atoms with Crippen LogP contribution >= 0.6 is 0 Å². The molecule has 31 heavy (non-hydrogen) atoms. The number of rotatable bonds is 8. The van der Waals surface area contributed by atoms with E-state index >= 15 is 0 Å². The second-order valence-corrected chi connectivity index (χ2v) is 8.52. The third-order valence-corrected chi connectivity index (χ3v) is 5.88. The van der Waals surface area contributed by atoms with Crippen LogP contribution in [0.25, 0.3) is 0 Å². The van der Waals surface area contributed by atoms with Crippen LogP contribution in [0.2, 0.25) is 0 Å². The molecule has 0 atom stereocenters. The van der Waals surface area contributed by atoms with E-state index in [1.165, 1.54) is 11.1 Å². The molecule has 2 N–H and O–H groups in total. The highest BCUT2D eigenvalue weighted by Gasteiger charge is 2.37. The lowest BCUT2D eigenvalue weighted by Crippen LogP contribution is -2.48. The number of methoxy groups -OCH3 is 1. The maximum atomic E-state index is 5.73. The molecule has 3 rings (SSSR count). The van der Waals surface area contributed by atoms with Gasteiger partial charge < -0.3 is 24.6 Å². The Balaban J connectivity index is 1.79. The van der Waals surface area contributed by atoms with E-state index in [2.05, 4.69) is 61.7 Å². The summed E-state index contributed by atoms with van der Waals surface area (Å²) in [6.07, 6.45) is 1.86. The lowest BCUT2D eigenvalue weighted by molar-refractivity contribution is 0.0505. The number of ether oxygens (including phenoxy) is 2. The number of nitrogens with one attached hydrogen (secondary N) is 2. The zero-order valence-electron chi connectivity index (χ0n) is 19.5. The van der Waals surface area contributed by atoms with Crippen molar-refractivity contribution in [3.8, 4) is 5.75 Å². The first-order valence-corrected chi connectivity index (χ1v) is 11.2. The van der Waals surface area contributed by atoms with Gasteiger partial charge in [0.2, 0.25) is 0 Å². The molecule has 0 amide bonds. The van der Waals surface area contributed by atoms with Crippen molar-refractivity contribution in [1.82, 2.24) is 15.8 Å². The molecule has 2 aromatic rings. The summed E-state index contributed by atoms with van der Waals surface area (Å²) in [5, 5.41) is 11.0. The predicted octanol–water partition coefficient (Wildman–Crippen LogP) is 3.92. The van der Waals surface area contributed by atoms with Gasteiger partial charge in [-0.05, 0) is 38.7 Å². The van der Waals surface area contributed by atoms with Gasteiger partial charge in [0.1, 0.15) is 12.3 Å². The monoisotopic (exact) mass is 428 g/mol. The molecule has 0 bridgehead atoms. The molecule has 1 saturated heterocycles. The average Bonchev–Trinajstić information content (AvgIpc) is 3.26. The number of hydrogen-bond acceptors (Lipinski definition) is 5. The van der Waals surface area contributed by atoms with E-state index in [4.69, 9.17) is 19.0 Å². The molecule has 1 aliphatic rings. The highest BCUT2D eigenvalue weighted by atomic mass is 16.5. The zero-order chi connectivity index (χ0) is 22.3. The first-order chi connectivity index (χ1) is 15.0. The molecule has 7 heteroatoms. The van der Waals surface area contributed by atoms with Crippen molar-refractivity contribution in [3.63, 3.8) is 0 Å². The number of benzene rings is 1. The van der Waals surface area contributed by atoms with Crippen LogP contribution < -0.4 is 15.4 Å². The summed E-state index contributed by atoms with van der Waals surface area (Å²) in [7, 11) is 1.74. The summed E-state index contributed by atoms with van der Waals surface area (Å²) in [6.45, 7) is 11.8. The SMILES string of the molecule is CCNC(=NCc1cc(C(C)C)no1)NCC1(c2cc(C)ccc2OC)CCOCC1. The minimum atomic E-state index is -0.0805. The maximum Gasteiger partial charge on any atom is 0.191 e. The van der Waals surface area contributed by atoms with Crippen molar-refractivity contribution in [1.29, 1.82) is 0 Å². The zero-order valence-corrected chi connectivity index (χ0v) is 19.5. The molecule has 0 unspecified atom stereocenters. The lowest BCUT2D eigenvalue weighted by atomic mass is 9.73. The molecular formula is C24H36N4O3. The van der Waals surface area contributed by atoms with Crippen LogP contribution in [-0.2, 0) is 16.7 Å². The topological polar surface area (TPSA) is 80.9 Å². The third-order valence-electron chi connectivity index (χ3n) is 5.88. The molecule has 0 aliphatic carbocycles. The van der Waals surface area contributed by atoms with E-state index in [9.17, 15) is 0 Å².